The summed E-state index contributed by atoms with van der Waals surface area (Å²) in [5.41, 5.74) is 0.0110. The fraction of sp³-hybridized carbons (Fsp3) is 0.222. The molecule has 0 heterocycles. The van der Waals surface area contributed by atoms with Crippen LogP contribution in [0.15, 0.2) is 35.2 Å². The first-order valence-corrected chi connectivity index (χ1v) is 8.57. The summed E-state index contributed by atoms with van der Waals surface area (Å²) in [5, 5.41) is 2.37. The molecule has 26 heavy (non-hydrogen) atoms. The van der Waals surface area contributed by atoms with E-state index in [1.165, 1.54) is 38.1 Å². The van der Waals surface area contributed by atoms with Crippen LogP contribution in [0.3, 0.4) is 0 Å². The van der Waals surface area contributed by atoms with Gasteiger partial charge in [-0.05, 0) is 31.2 Å². The molecule has 0 aliphatic carbocycles. The molecule has 0 aliphatic heterocycles. The number of carbonyl (C=O) groups excluding carboxylic acids is 2. The first-order valence-electron chi connectivity index (χ1n) is 7.58. The van der Waals surface area contributed by atoms with Gasteiger partial charge in [0.25, 0.3) is 0 Å². The number of carbonyl (C=O) groups is 2. The van der Waals surface area contributed by atoms with Crippen LogP contribution in [-0.4, -0.2) is 31.5 Å². The second-order valence-electron chi connectivity index (χ2n) is 5.72. The standard InChI is InChI=1S/C18H17F3N2O2S/c1-10(24)11-4-5-16(13(19)6-11)26-9-17(25)22-12-7-14(20)18(23(2)3)15(21)8-12/h4-8H,9H2,1-3H3,(H,22,25). The van der Waals surface area contributed by atoms with Crippen molar-refractivity contribution in [2.24, 2.45) is 0 Å². The van der Waals surface area contributed by atoms with Crippen LogP contribution in [0.2, 0.25) is 0 Å². The molecule has 0 unspecified atom stereocenters. The molecule has 0 saturated heterocycles. The molecule has 0 radical (unpaired) electrons. The average Bonchev–Trinajstić information content (AvgIpc) is 2.52. The topological polar surface area (TPSA) is 49.4 Å². The van der Waals surface area contributed by atoms with Crippen molar-refractivity contribution in [2.45, 2.75) is 11.8 Å². The Morgan fingerprint density at radius 2 is 1.65 bits per heavy atom. The summed E-state index contributed by atoms with van der Waals surface area (Å²) in [6.07, 6.45) is 0. The maximum atomic E-state index is 13.9. The normalized spacial score (nSPS) is 10.5. The second kappa shape index (κ2) is 8.27. The lowest BCUT2D eigenvalue weighted by Crippen LogP contribution is -2.16. The zero-order valence-corrected chi connectivity index (χ0v) is 15.2. The number of ketones is 1. The zero-order chi connectivity index (χ0) is 19.4. The van der Waals surface area contributed by atoms with Crippen LogP contribution in [-0.2, 0) is 4.79 Å². The lowest BCUT2D eigenvalue weighted by molar-refractivity contribution is -0.113. The highest BCUT2D eigenvalue weighted by molar-refractivity contribution is 8.00. The summed E-state index contributed by atoms with van der Waals surface area (Å²) in [4.78, 5) is 24.6. The molecule has 1 amide bonds. The largest absolute Gasteiger partial charge is 0.373 e. The van der Waals surface area contributed by atoms with Gasteiger partial charge in [-0.2, -0.15) is 0 Å². The second-order valence-corrected chi connectivity index (χ2v) is 6.74. The average molecular weight is 382 g/mol. The molecule has 0 fully saturated rings. The van der Waals surface area contributed by atoms with Gasteiger partial charge in [-0.15, -0.1) is 11.8 Å². The van der Waals surface area contributed by atoms with E-state index in [0.29, 0.717) is 0 Å². The molecule has 8 heteroatoms. The summed E-state index contributed by atoms with van der Waals surface area (Å²) in [5.74, 6) is -3.17. The monoisotopic (exact) mass is 382 g/mol. The molecule has 0 atom stereocenters. The van der Waals surface area contributed by atoms with E-state index >= 15 is 0 Å². The Labute approximate surface area is 153 Å². The summed E-state index contributed by atoms with van der Waals surface area (Å²) < 4.78 is 41.7. The number of amides is 1. The molecule has 0 aromatic heterocycles. The molecule has 2 aromatic rings. The molecule has 138 valence electrons. The number of rotatable bonds is 6. The fourth-order valence-corrected chi connectivity index (χ4v) is 2.96. The molecule has 2 aromatic carbocycles. The molecule has 0 bridgehead atoms. The van der Waals surface area contributed by atoms with Gasteiger partial charge >= 0.3 is 0 Å². The van der Waals surface area contributed by atoms with Gasteiger partial charge < -0.3 is 10.2 Å². The summed E-state index contributed by atoms with van der Waals surface area (Å²) in [6, 6.07) is 6.02. The van der Waals surface area contributed by atoms with Crippen LogP contribution in [0, 0.1) is 17.5 Å². The molecular weight excluding hydrogens is 365 g/mol. The fourth-order valence-electron chi connectivity index (χ4n) is 2.24. The van der Waals surface area contributed by atoms with Crippen molar-refractivity contribution in [1.29, 1.82) is 0 Å². The van der Waals surface area contributed by atoms with Crippen molar-refractivity contribution in [2.75, 3.05) is 30.1 Å². The number of Topliss-reactive ketones (excluding diaryl/α,β-unsaturated/α-hetero) is 1. The van der Waals surface area contributed by atoms with Crippen molar-refractivity contribution in [3.8, 4) is 0 Å². The Morgan fingerprint density at radius 1 is 1.04 bits per heavy atom. The molecule has 2 rings (SSSR count). The van der Waals surface area contributed by atoms with Crippen molar-refractivity contribution in [3.05, 3.63) is 53.3 Å². The maximum absolute atomic E-state index is 13.9. The van der Waals surface area contributed by atoms with Crippen LogP contribution in [0.25, 0.3) is 0 Å². The molecule has 0 aliphatic rings. The van der Waals surface area contributed by atoms with Gasteiger partial charge in [-0.25, -0.2) is 13.2 Å². The first kappa shape index (κ1) is 19.8. The SMILES string of the molecule is CC(=O)c1ccc(SCC(=O)Nc2cc(F)c(N(C)C)c(F)c2)c(F)c1. The zero-order valence-electron chi connectivity index (χ0n) is 14.4. The molecule has 1 N–H and O–H groups in total. The summed E-state index contributed by atoms with van der Waals surface area (Å²) in [7, 11) is 3.00. The summed E-state index contributed by atoms with van der Waals surface area (Å²) >= 11 is 0.917. The van der Waals surface area contributed by atoms with Gasteiger partial charge in [0.05, 0.1) is 5.75 Å². The number of hydrogen-bond donors (Lipinski definition) is 1. The first-order chi connectivity index (χ1) is 12.2. The predicted octanol–water partition coefficient (Wildman–Crippen LogP) is 4.10. The lowest BCUT2D eigenvalue weighted by Gasteiger charge is -2.15. The van der Waals surface area contributed by atoms with Crippen molar-refractivity contribution < 1.29 is 22.8 Å². The minimum Gasteiger partial charge on any atom is -0.373 e. The molecular formula is C18H17F3N2O2S. The number of anilines is 2. The minimum atomic E-state index is -0.802. The van der Waals surface area contributed by atoms with Crippen molar-refractivity contribution in [3.63, 3.8) is 0 Å². The smallest absolute Gasteiger partial charge is 0.234 e. The number of thioether (sulfide) groups is 1. The Balaban J connectivity index is 2.03. The lowest BCUT2D eigenvalue weighted by atomic mass is 10.1. The van der Waals surface area contributed by atoms with E-state index in [2.05, 4.69) is 5.32 Å². The highest BCUT2D eigenvalue weighted by atomic mass is 32.2. The number of benzene rings is 2. The maximum Gasteiger partial charge on any atom is 0.234 e. The summed E-state index contributed by atoms with van der Waals surface area (Å²) in [6.45, 7) is 1.33. The number of halogens is 3. The third kappa shape index (κ3) is 4.78. The van der Waals surface area contributed by atoms with Crippen LogP contribution < -0.4 is 10.2 Å². The van der Waals surface area contributed by atoms with E-state index in [0.717, 1.165) is 30.0 Å². The van der Waals surface area contributed by atoms with Crippen LogP contribution in [0.5, 0.6) is 0 Å². The van der Waals surface area contributed by atoms with Crippen LogP contribution in [0.1, 0.15) is 17.3 Å². The Kier molecular flexibility index (Phi) is 6.31. The van der Waals surface area contributed by atoms with E-state index in [1.807, 2.05) is 0 Å². The third-order valence-electron chi connectivity index (χ3n) is 3.45. The van der Waals surface area contributed by atoms with Crippen LogP contribution in [0.4, 0.5) is 24.5 Å². The predicted molar refractivity (Wildman–Crippen MR) is 96.4 cm³/mol. The van der Waals surface area contributed by atoms with Gasteiger partial charge in [-0.1, -0.05) is 6.07 Å². The van der Waals surface area contributed by atoms with E-state index < -0.39 is 23.4 Å². The Hall–Kier alpha value is -2.48. The van der Waals surface area contributed by atoms with E-state index in [4.69, 9.17) is 0 Å². The van der Waals surface area contributed by atoms with Gasteiger partial charge in [0.15, 0.2) is 17.4 Å². The molecule has 0 saturated carbocycles. The highest BCUT2D eigenvalue weighted by Crippen LogP contribution is 2.26. The van der Waals surface area contributed by atoms with Crippen LogP contribution >= 0.6 is 11.8 Å². The minimum absolute atomic E-state index is 0.0244. The quantitative estimate of drug-likeness (QED) is 0.604. The number of nitrogens with zero attached hydrogens (tertiary/aromatic N) is 1. The van der Waals surface area contributed by atoms with Crippen molar-refractivity contribution in [1.82, 2.24) is 0 Å². The van der Waals surface area contributed by atoms with Gasteiger partial charge in [-0.3, -0.25) is 9.59 Å². The van der Waals surface area contributed by atoms with E-state index in [1.54, 1.807) is 0 Å². The van der Waals surface area contributed by atoms with Gasteiger partial charge in [0, 0.05) is 30.2 Å². The third-order valence-corrected chi connectivity index (χ3v) is 4.49. The molecule has 0 spiro atoms. The van der Waals surface area contributed by atoms with E-state index in [9.17, 15) is 22.8 Å². The highest BCUT2D eigenvalue weighted by Gasteiger charge is 2.15. The molecule has 4 nitrogen and oxygen atoms in total. The van der Waals surface area contributed by atoms with Gasteiger partial charge in [0.1, 0.15) is 11.5 Å². The Bertz CT molecular complexity index is 833. The van der Waals surface area contributed by atoms with Crippen molar-refractivity contribution >= 4 is 34.8 Å². The van der Waals surface area contributed by atoms with E-state index in [-0.39, 0.29) is 33.4 Å². The number of nitrogens with one attached hydrogen (secondary N) is 1. The van der Waals surface area contributed by atoms with Gasteiger partial charge in [0.2, 0.25) is 5.91 Å². The Morgan fingerprint density at radius 3 is 2.15 bits per heavy atom. The number of hydrogen-bond acceptors (Lipinski definition) is 4.